The minimum atomic E-state index is -0.407. The van der Waals surface area contributed by atoms with Gasteiger partial charge in [-0.25, -0.2) is 9.97 Å². The van der Waals surface area contributed by atoms with Crippen LogP contribution in [0.2, 0.25) is 5.02 Å². The summed E-state index contributed by atoms with van der Waals surface area (Å²) in [5.41, 5.74) is 7.95. The molecule has 0 fully saturated rings. The molecule has 0 aliphatic heterocycles. The number of halogens is 1. The number of nitrogens with two attached hydrogens (primary N) is 1. The summed E-state index contributed by atoms with van der Waals surface area (Å²) < 4.78 is 13.4. The van der Waals surface area contributed by atoms with Gasteiger partial charge in [0.2, 0.25) is 0 Å². The Hall–Kier alpha value is -3.92. The van der Waals surface area contributed by atoms with E-state index in [1.165, 1.54) is 26.4 Å². The molecular weight excluding hydrogens is 422 g/mol. The molecule has 0 saturated carbocycles. The Bertz CT molecular complexity index is 1330. The van der Waals surface area contributed by atoms with Crippen molar-refractivity contribution in [2.45, 2.75) is 0 Å². The van der Waals surface area contributed by atoms with Gasteiger partial charge in [-0.1, -0.05) is 11.6 Å². The van der Waals surface area contributed by atoms with Crippen LogP contribution in [-0.2, 0) is 7.05 Å². The lowest BCUT2D eigenvalue weighted by Crippen LogP contribution is -2.21. The molecule has 0 aliphatic carbocycles. The fraction of sp³-hybridized carbons (Fsp3) is 0.150. The molecule has 0 atom stereocenters. The highest BCUT2D eigenvalue weighted by molar-refractivity contribution is 6.34. The van der Waals surface area contributed by atoms with Crippen molar-refractivity contribution in [1.82, 2.24) is 29.5 Å². The van der Waals surface area contributed by atoms with Gasteiger partial charge in [0, 0.05) is 37.0 Å². The zero-order valence-electron chi connectivity index (χ0n) is 16.9. The Labute approximate surface area is 181 Å². The van der Waals surface area contributed by atoms with Crippen molar-refractivity contribution in [1.29, 1.82) is 0 Å². The molecule has 0 spiro atoms. The number of anilines is 1. The molecule has 0 radical (unpaired) electrons. The van der Waals surface area contributed by atoms with Crippen LogP contribution in [0.25, 0.3) is 28.3 Å². The number of benzene rings is 1. The van der Waals surface area contributed by atoms with Crippen molar-refractivity contribution < 1.29 is 9.47 Å². The van der Waals surface area contributed by atoms with Gasteiger partial charge in [0.15, 0.2) is 5.82 Å². The molecule has 2 N–H and O–H groups in total. The van der Waals surface area contributed by atoms with E-state index in [4.69, 9.17) is 26.8 Å². The van der Waals surface area contributed by atoms with Gasteiger partial charge >= 0.3 is 0 Å². The molecular formula is C20H18ClN7O3. The van der Waals surface area contributed by atoms with E-state index in [1.807, 2.05) is 0 Å². The maximum atomic E-state index is 12.6. The van der Waals surface area contributed by atoms with Gasteiger partial charge in [0.25, 0.3) is 5.56 Å². The zero-order chi connectivity index (χ0) is 22.1. The Kier molecular flexibility index (Phi) is 5.30. The topological polar surface area (TPSA) is 123 Å². The second kappa shape index (κ2) is 8.07. The second-order valence-corrected chi connectivity index (χ2v) is 6.90. The summed E-state index contributed by atoms with van der Waals surface area (Å²) in [6.07, 6.45) is 5.02. The summed E-state index contributed by atoms with van der Waals surface area (Å²) in [7, 11) is 4.77. The highest BCUT2D eigenvalue weighted by Gasteiger charge is 2.17. The van der Waals surface area contributed by atoms with E-state index in [0.29, 0.717) is 34.3 Å². The lowest BCUT2D eigenvalue weighted by atomic mass is 10.2. The largest absolute Gasteiger partial charge is 0.497 e. The van der Waals surface area contributed by atoms with Crippen molar-refractivity contribution in [3.05, 3.63) is 58.2 Å². The van der Waals surface area contributed by atoms with E-state index in [-0.39, 0.29) is 10.8 Å². The van der Waals surface area contributed by atoms with Crippen molar-refractivity contribution in [3.63, 3.8) is 0 Å². The van der Waals surface area contributed by atoms with Crippen LogP contribution in [0.15, 0.2) is 47.7 Å². The lowest BCUT2D eigenvalue weighted by Gasteiger charge is -2.13. The predicted molar refractivity (Wildman–Crippen MR) is 116 cm³/mol. The van der Waals surface area contributed by atoms with Crippen LogP contribution in [-0.4, -0.2) is 43.7 Å². The minimum Gasteiger partial charge on any atom is -0.497 e. The number of hydrogen-bond acceptors (Lipinski definition) is 8. The van der Waals surface area contributed by atoms with Crippen LogP contribution in [0, 0.1) is 0 Å². The molecule has 3 aromatic heterocycles. The van der Waals surface area contributed by atoms with E-state index in [9.17, 15) is 4.79 Å². The summed E-state index contributed by atoms with van der Waals surface area (Å²) >= 11 is 6.44. The Morgan fingerprint density at radius 1 is 1.10 bits per heavy atom. The molecule has 4 aromatic rings. The molecule has 1 aromatic carbocycles. The SMILES string of the molecule is COc1cc(OC)c(Cl)c(-n2nc(-c3nc(-c4cnn(C)c4)cnc3N)ccc2=O)c1. The van der Waals surface area contributed by atoms with Crippen LogP contribution in [0.1, 0.15) is 0 Å². The third kappa shape index (κ3) is 3.80. The van der Waals surface area contributed by atoms with E-state index in [0.717, 1.165) is 10.2 Å². The molecule has 0 unspecified atom stereocenters. The van der Waals surface area contributed by atoms with Gasteiger partial charge in [-0.2, -0.15) is 14.9 Å². The molecule has 0 bridgehead atoms. The highest BCUT2D eigenvalue weighted by atomic mass is 35.5. The molecule has 11 heteroatoms. The number of aryl methyl sites for hydroxylation is 1. The number of rotatable bonds is 5. The monoisotopic (exact) mass is 439 g/mol. The third-order valence-corrected chi connectivity index (χ3v) is 4.90. The van der Waals surface area contributed by atoms with E-state index in [2.05, 4.69) is 20.2 Å². The molecule has 0 amide bonds. The van der Waals surface area contributed by atoms with Crippen LogP contribution < -0.4 is 20.8 Å². The van der Waals surface area contributed by atoms with Gasteiger partial charge in [-0.05, 0) is 6.07 Å². The van der Waals surface area contributed by atoms with Gasteiger partial charge in [-0.3, -0.25) is 9.48 Å². The first-order valence-corrected chi connectivity index (χ1v) is 9.43. The second-order valence-electron chi connectivity index (χ2n) is 6.52. The van der Waals surface area contributed by atoms with Crippen molar-refractivity contribution in [3.8, 4) is 39.8 Å². The number of ether oxygens (including phenoxy) is 2. The normalized spacial score (nSPS) is 10.8. The summed E-state index contributed by atoms with van der Waals surface area (Å²) in [5, 5.41) is 8.78. The van der Waals surface area contributed by atoms with Gasteiger partial charge in [0.05, 0.1) is 38.0 Å². The molecule has 0 saturated heterocycles. The maximum absolute atomic E-state index is 12.6. The van der Waals surface area contributed by atoms with E-state index < -0.39 is 5.56 Å². The number of hydrogen-bond donors (Lipinski definition) is 1. The fourth-order valence-electron chi connectivity index (χ4n) is 2.97. The summed E-state index contributed by atoms with van der Waals surface area (Å²) in [6.45, 7) is 0. The van der Waals surface area contributed by atoms with Crippen LogP contribution in [0.3, 0.4) is 0 Å². The Morgan fingerprint density at radius 3 is 2.58 bits per heavy atom. The lowest BCUT2D eigenvalue weighted by molar-refractivity contribution is 0.394. The average Bonchev–Trinajstić information content (AvgIpc) is 3.21. The van der Waals surface area contributed by atoms with E-state index in [1.54, 1.807) is 42.5 Å². The first-order chi connectivity index (χ1) is 14.9. The number of methoxy groups -OCH3 is 2. The molecule has 4 rings (SSSR count). The van der Waals surface area contributed by atoms with Gasteiger partial charge in [0.1, 0.15) is 27.9 Å². The zero-order valence-corrected chi connectivity index (χ0v) is 17.7. The van der Waals surface area contributed by atoms with Crippen LogP contribution in [0.5, 0.6) is 11.5 Å². The van der Waals surface area contributed by atoms with Crippen LogP contribution in [0.4, 0.5) is 5.82 Å². The van der Waals surface area contributed by atoms with Gasteiger partial charge in [-0.15, -0.1) is 0 Å². The predicted octanol–water partition coefficient (Wildman–Crippen LogP) is 2.34. The summed E-state index contributed by atoms with van der Waals surface area (Å²) in [6, 6.07) is 6.08. The smallest absolute Gasteiger partial charge is 0.271 e. The van der Waals surface area contributed by atoms with Crippen LogP contribution >= 0.6 is 11.6 Å². The number of aromatic nitrogens is 6. The van der Waals surface area contributed by atoms with E-state index >= 15 is 0 Å². The standard InChI is InChI=1S/C20H18ClN7O3/c1-27-10-11(8-24-27)14-9-23-20(22)19(25-14)13-4-5-17(29)28(26-13)15-6-12(30-2)7-16(31-3)18(15)21/h4-10H,1-3H3,(H2,22,23). The molecule has 0 aliphatic rings. The Balaban J connectivity index is 1.88. The van der Waals surface area contributed by atoms with Crippen molar-refractivity contribution in [2.75, 3.05) is 20.0 Å². The minimum absolute atomic E-state index is 0.166. The Morgan fingerprint density at radius 2 is 1.90 bits per heavy atom. The number of nitrogen functional groups attached to an aromatic ring is 1. The van der Waals surface area contributed by atoms with Crippen molar-refractivity contribution in [2.24, 2.45) is 7.05 Å². The molecule has 31 heavy (non-hydrogen) atoms. The third-order valence-electron chi connectivity index (χ3n) is 4.52. The van der Waals surface area contributed by atoms with Crippen molar-refractivity contribution >= 4 is 17.4 Å². The van der Waals surface area contributed by atoms with Gasteiger partial charge < -0.3 is 15.2 Å². The number of nitrogens with zero attached hydrogens (tertiary/aromatic N) is 6. The highest BCUT2D eigenvalue weighted by Crippen LogP contribution is 2.35. The molecule has 3 heterocycles. The summed E-state index contributed by atoms with van der Waals surface area (Å²) in [5.74, 6) is 0.959. The molecule has 158 valence electrons. The first kappa shape index (κ1) is 20.4. The quantitative estimate of drug-likeness (QED) is 0.502. The summed E-state index contributed by atoms with van der Waals surface area (Å²) in [4.78, 5) is 21.4. The molecule has 10 nitrogen and oxygen atoms in total. The maximum Gasteiger partial charge on any atom is 0.271 e. The average molecular weight is 440 g/mol. The fourth-order valence-corrected chi connectivity index (χ4v) is 3.23. The first-order valence-electron chi connectivity index (χ1n) is 9.05.